The molecule has 0 amide bonds. The van der Waals surface area contributed by atoms with Crippen LogP contribution in [0.3, 0.4) is 0 Å². The summed E-state index contributed by atoms with van der Waals surface area (Å²) in [5.41, 5.74) is 4.55. The van der Waals surface area contributed by atoms with E-state index >= 15 is 0 Å². The Labute approximate surface area is 165 Å². The van der Waals surface area contributed by atoms with Crippen LogP contribution < -0.4 is 14.8 Å². The van der Waals surface area contributed by atoms with Crippen molar-refractivity contribution in [2.75, 3.05) is 7.11 Å². The van der Waals surface area contributed by atoms with Crippen molar-refractivity contribution < 1.29 is 9.47 Å². The zero-order valence-electron chi connectivity index (χ0n) is 15.7. The first-order valence-corrected chi connectivity index (χ1v) is 9.33. The van der Waals surface area contributed by atoms with Gasteiger partial charge in [0.1, 0.15) is 18.1 Å². The summed E-state index contributed by atoms with van der Waals surface area (Å²) in [5.74, 6) is 1.72. The van der Waals surface area contributed by atoms with Gasteiger partial charge in [0.2, 0.25) is 0 Å². The molecule has 0 radical (unpaired) electrons. The second kappa shape index (κ2) is 9.45. The molecule has 0 aliphatic carbocycles. The molecule has 0 aliphatic rings. The molecule has 3 aromatic carbocycles. The average molecular weight is 382 g/mol. The topological polar surface area (TPSA) is 30.5 Å². The Morgan fingerprint density at radius 3 is 2.30 bits per heavy atom. The van der Waals surface area contributed by atoms with Crippen molar-refractivity contribution in [2.45, 2.75) is 26.6 Å². The fraction of sp³-hybridized carbons (Fsp3) is 0.217. The Hall–Kier alpha value is -2.49. The standard InChI is InChI=1S/C23H24ClNO2/c1-17-7-3-4-9-19(17)16-27-23-12-11-21(24)13-20(23)15-25-14-18-8-5-6-10-22(18)26-2/h3-13,25H,14-16H2,1-2H3. The van der Waals surface area contributed by atoms with E-state index in [2.05, 4.69) is 30.4 Å². The van der Waals surface area contributed by atoms with Crippen molar-refractivity contribution in [1.82, 2.24) is 5.32 Å². The molecule has 3 aromatic rings. The van der Waals surface area contributed by atoms with Gasteiger partial charge in [-0.1, -0.05) is 54.1 Å². The third kappa shape index (κ3) is 5.25. The lowest BCUT2D eigenvalue weighted by Crippen LogP contribution is -2.14. The Kier molecular flexibility index (Phi) is 6.74. The lowest BCUT2D eigenvalue weighted by molar-refractivity contribution is 0.301. The summed E-state index contributed by atoms with van der Waals surface area (Å²) >= 11 is 6.20. The number of para-hydroxylation sites is 1. The van der Waals surface area contributed by atoms with E-state index in [1.165, 1.54) is 11.1 Å². The van der Waals surface area contributed by atoms with E-state index in [9.17, 15) is 0 Å². The Balaban J connectivity index is 1.66. The zero-order valence-corrected chi connectivity index (χ0v) is 16.4. The predicted molar refractivity (Wildman–Crippen MR) is 111 cm³/mol. The molecule has 0 fully saturated rings. The van der Waals surface area contributed by atoms with Gasteiger partial charge in [0.25, 0.3) is 0 Å². The third-order valence-corrected chi connectivity index (χ3v) is 4.73. The van der Waals surface area contributed by atoms with Gasteiger partial charge < -0.3 is 14.8 Å². The number of hydrogen-bond donors (Lipinski definition) is 1. The van der Waals surface area contributed by atoms with Gasteiger partial charge in [-0.2, -0.15) is 0 Å². The van der Waals surface area contributed by atoms with E-state index in [0.29, 0.717) is 24.7 Å². The molecule has 0 saturated heterocycles. The van der Waals surface area contributed by atoms with Crippen LogP contribution in [0.4, 0.5) is 0 Å². The zero-order chi connectivity index (χ0) is 19.1. The van der Waals surface area contributed by atoms with Crippen LogP contribution in [0.25, 0.3) is 0 Å². The van der Waals surface area contributed by atoms with Crippen LogP contribution in [0.2, 0.25) is 5.02 Å². The molecular weight excluding hydrogens is 358 g/mol. The number of hydrogen-bond acceptors (Lipinski definition) is 3. The number of methoxy groups -OCH3 is 1. The first kappa shape index (κ1) is 19.3. The maximum absolute atomic E-state index is 6.20. The number of benzene rings is 3. The molecule has 0 bridgehead atoms. The van der Waals surface area contributed by atoms with Crippen LogP contribution in [0.15, 0.2) is 66.7 Å². The molecule has 4 heteroatoms. The first-order chi connectivity index (χ1) is 13.2. The minimum atomic E-state index is 0.536. The van der Waals surface area contributed by atoms with E-state index < -0.39 is 0 Å². The van der Waals surface area contributed by atoms with E-state index in [1.807, 2.05) is 48.5 Å². The van der Waals surface area contributed by atoms with Crippen molar-refractivity contribution in [2.24, 2.45) is 0 Å². The molecule has 0 aromatic heterocycles. The van der Waals surface area contributed by atoms with E-state index in [1.54, 1.807) is 7.11 Å². The highest BCUT2D eigenvalue weighted by molar-refractivity contribution is 6.30. The maximum Gasteiger partial charge on any atom is 0.124 e. The minimum Gasteiger partial charge on any atom is -0.496 e. The van der Waals surface area contributed by atoms with Gasteiger partial charge in [0, 0.05) is 29.2 Å². The molecule has 0 spiro atoms. The van der Waals surface area contributed by atoms with E-state index in [0.717, 1.165) is 22.6 Å². The second-order valence-electron chi connectivity index (χ2n) is 6.38. The van der Waals surface area contributed by atoms with E-state index in [4.69, 9.17) is 21.1 Å². The molecule has 140 valence electrons. The number of nitrogens with one attached hydrogen (secondary N) is 1. The summed E-state index contributed by atoms with van der Waals surface area (Å²) in [5, 5.41) is 4.15. The summed E-state index contributed by atoms with van der Waals surface area (Å²) in [7, 11) is 1.69. The van der Waals surface area contributed by atoms with Crippen LogP contribution in [0.5, 0.6) is 11.5 Å². The fourth-order valence-corrected chi connectivity index (χ4v) is 3.13. The first-order valence-electron chi connectivity index (χ1n) is 8.95. The van der Waals surface area contributed by atoms with Gasteiger partial charge in [0.15, 0.2) is 0 Å². The molecule has 0 saturated carbocycles. The highest BCUT2D eigenvalue weighted by atomic mass is 35.5. The number of aryl methyl sites for hydroxylation is 1. The number of ether oxygens (including phenoxy) is 2. The molecule has 0 aliphatic heterocycles. The number of halogens is 1. The normalized spacial score (nSPS) is 10.6. The second-order valence-corrected chi connectivity index (χ2v) is 6.82. The molecule has 0 atom stereocenters. The fourth-order valence-electron chi connectivity index (χ4n) is 2.94. The van der Waals surface area contributed by atoms with Crippen molar-refractivity contribution >= 4 is 11.6 Å². The maximum atomic E-state index is 6.20. The summed E-state index contributed by atoms with van der Waals surface area (Å²) < 4.78 is 11.5. The van der Waals surface area contributed by atoms with Crippen molar-refractivity contribution in [3.8, 4) is 11.5 Å². The van der Waals surface area contributed by atoms with Crippen LogP contribution in [0.1, 0.15) is 22.3 Å². The van der Waals surface area contributed by atoms with Gasteiger partial charge in [-0.25, -0.2) is 0 Å². The number of rotatable bonds is 8. The Bertz CT molecular complexity index is 895. The van der Waals surface area contributed by atoms with E-state index in [-0.39, 0.29) is 0 Å². The highest BCUT2D eigenvalue weighted by Crippen LogP contribution is 2.25. The predicted octanol–water partition coefficient (Wildman–Crippen LogP) is 5.53. The minimum absolute atomic E-state index is 0.536. The molecule has 3 rings (SSSR count). The highest BCUT2D eigenvalue weighted by Gasteiger charge is 2.08. The summed E-state index contributed by atoms with van der Waals surface area (Å²) in [6.07, 6.45) is 0. The molecule has 0 heterocycles. The van der Waals surface area contributed by atoms with Gasteiger partial charge in [-0.15, -0.1) is 0 Å². The summed E-state index contributed by atoms with van der Waals surface area (Å²) in [6.45, 7) is 3.99. The van der Waals surface area contributed by atoms with Crippen molar-refractivity contribution in [1.29, 1.82) is 0 Å². The average Bonchev–Trinajstić information content (AvgIpc) is 2.69. The lowest BCUT2D eigenvalue weighted by atomic mass is 10.1. The summed E-state index contributed by atoms with van der Waals surface area (Å²) in [6, 6.07) is 22.0. The molecule has 3 nitrogen and oxygen atoms in total. The monoisotopic (exact) mass is 381 g/mol. The third-order valence-electron chi connectivity index (χ3n) is 4.49. The van der Waals surface area contributed by atoms with Crippen LogP contribution in [-0.2, 0) is 19.7 Å². The van der Waals surface area contributed by atoms with Gasteiger partial charge in [0.05, 0.1) is 7.11 Å². The van der Waals surface area contributed by atoms with Crippen LogP contribution in [0, 0.1) is 6.92 Å². The largest absolute Gasteiger partial charge is 0.496 e. The van der Waals surface area contributed by atoms with Gasteiger partial charge >= 0.3 is 0 Å². The lowest BCUT2D eigenvalue weighted by Gasteiger charge is -2.14. The molecular formula is C23H24ClNO2. The molecule has 1 N–H and O–H groups in total. The smallest absolute Gasteiger partial charge is 0.124 e. The molecule has 27 heavy (non-hydrogen) atoms. The Morgan fingerprint density at radius 2 is 1.52 bits per heavy atom. The Morgan fingerprint density at radius 1 is 0.815 bits per heavy atom. The summed E-state index contributed by atoms with van der Waals surface area (Å²) in [4.78, 5) is 0. The van der Waals surface area contributed by atoms with Gasteiger partial charge in [-0.3, -0.25) is 0 Å². The van der Waals surface area contributed by atoms with Crippen LogP contribution in [-0.4, -0.2) is 7.11 Å². The van der Waals surface area contributed by atoms with Crippen molar-refractivity contribution in [3.05, 3.63) is 94.0 Å². The van der Waals surface area contributed by atoms with Crippen molar-refractivity contribution in [3.63, 3.8) is 0 Å². The quantitative estimate of drug-likeness (QED) is 0.556. The van der Waals surface area contributed by atoms with Gasteiger partial charge in [-0.05, 0) is 42.3 Å². The van der Waals surface area contributed by atoms with Crippen LogP contribution >= 0.6 is 11.6 Å². The SMILES string of the molecule is COc1ccccc1CNCc1cc(Cl)ccc1OCc1ccccc1C. The molecule has 0 unspecified atom stereocenters.